The molecule has 320 valence electrons. The molecule has 9 aromatic carbocycles. The van der Waals surface area contributed by atoms with Gasteiger partial charge in [-0.25, -0.2) is 15.0 Å². The molecule has 1 N–H and O–H groups in total. The Morgan fingerprint density at radius 3 is 1.71 bits per heavy atom. The molecule has 0 atom stereocenters. The first-order chi connectivity index (χ1) is 33.7. The highest BCUT2D eigenvalue weighted by Gasteiger charge is 2.20. The Bertz CT molecular complexity index is 3840. The largest absolute Gasteiger partial charge is 0.309 e. The Kier molecular flexibility index (Phi) is 10.5. The summed E-state index contributed by atoms with van der Waals surface area (Å²) in [6.07, 6.45) is 5.75. The third kappa shape index (κ3) is 7.49. The van der Waals surface area contributed by atoms with Crippen LogP contribution < -0.4 is 0 Å². The van der Waals surface area contributed by atoms with Crippen molar-refractivity contribution in [1.82, 2.24) is 19.5 Å². The number of para-hydroxylation sites is 2. The molecular weight excluding hydrogens is 847 g/mol. The average molecular weight is 888 g/mol. The summed E-state index contributed by atoms with van der Waals surface area (Å²) in [7, 11) is 0. The van der Waals surface area contributed by atoms with Crippen molar-refractivity contribution in [3.8, 4) is 50.7 Å². The van der Waals surface area contributed by atoms with E-state index in [0.29, 0.717) is 23.0 Å². The molecule has 3 heterocycles. The monoisotopic (exact) mass is 887 g/mol. The van der Waals surface area contributed by atoms with E-state index < -0.39 is 0 Å². The molecule has 6 heteroatoms. The maximum atomic E-state index is 9.17. The number of hydrogen-bond donors (Lipinski definition) is 1. The molecule has 0 unspecified atom stereocenters. The van der Waals surface area contributed by atoms with E-state index in [2.05, 4.69) is 168 Å². The van der Waals surface area contributed by atoms with Crippen LogP contribution in [0.5, 0.6) is 0 Å². The third-order valence-corrected chi connectivity index (χ3v) is 13.7. The lowest BCUT2D eigenvalue weighted by atomic mass is 9.90. The van der Waals surface area contributed by atoms with Crippen molar-refractivity contribution in [2.45, 2.75) is 0 Å². The molecule has 0 radical (unpaired) electrons. The second-order valence-electron chi connectivity index (χ2n) is 16.8. The number of fused-ring (bicyclic) bond motifs is 6. The molecule has 68 heavy (non-hydrogen) atoms. The summed E-state index contributed by atoms with van der Waals surface area (Å²) in [5.41, 5.74) is 12.9. The minimum Gasteiger partial charge on any atom is -0.309 e. The lowest BCUT2D eigenvalue weighted by molar-refractivity contribution is 1.04. The molecule has 0 saturated heterocycles. The second-order valence-corrected chi connectivity index (χ2v) is 17.8. The van der Waals surface area contributed by atoms with Gasteiger partial charge in [-0.05, 0) is 88.0 Å². The fourth-order valence-corrected chi connectivity index (χ4v) is 10.6. The fourth-order valence-electron chi connectivity index (χ4n) is 9.39. The fraction of sp³-hybridized carbons (Fsp3) is 0. The van der Waals surface area contributed by atoms with Crippen molar-refractivity contribution in [2.75, 3.05) is 0 Å². The molecule has 12 rings (SSSR count). The average Bonchev–Trinajstić information content (AvgIpc) is 3.95. The zero-order chi connectivity index (χ0) is 45.4. The van der Waals surface area contributed by atoms with Crippen LogP contribution in [0.2, 0.25) is 0 Å². The predicted octanol–water partition coefficient (Wildman–Crippen LogP) is 16.3. The molecule has 0 bridgehead atoms. The first-order valence-corrected chi connectivity index (χ1v) is 23.5. The van der Waals surface area contributed by atoms with Crippen LogP contribution in [0.4, 0.5) is 0 Å². The Balaban J connectivity index is 1.14. The maximum Gasteiger partial charge on any atom is 0.164 e. The number of nitrogens with one attached hydrogen (secondary N) is 1. The number of benzene rings is 9. The Hall–Kier alpha value is -8.84. The highest BCUT2D eigenvalue weighted by molar-refractivity contribution is 7.26. The molecule has 0 spiro atoms. The van der Waals surface area contributed by atoms with E-state index in [9.17, 15) is 5.41 Å². The van der Waals surface area contributed by atoms with Crippen molar-refractivity contribution < 1.29 is 0 Å². The van der Waals surface area contributed by atoms with Gasteiger partial charge in [0.1, 0.15) is 0 Å². The molecule has 0 aliphatic carbocycles. The summed E-state index contributed by atoms with van der Waals surface area (Å²) in [5, 5.41) is 13.9. The number of rotatable bonds is 10. The first kappa shape index (κ1) is 40.7. The Morgan fingerprint density at radius 2 is 1.04 bits per heavy atom. The van der Waals surface area contributed by atoms with E-state index in [1.54, 1.807) is 0 Å². The maximum absolute atomic E-state index is 9.17. The normalized spacial score (nSPS) is 12.1. The van der Waals surface area contributed by atoms with Crippen LogP contribution in [0, 0.1) is 5.41 Å². The van der Waals surface area contributed by atoms with Crippen molar-refractivity contribution >= 4 is 76.8 Å². The molecule has 0 aliphatic rings. The van der Waals surface area contributed by atoms with E-state index in [-0.39, 0.29) is 0 Å². The van der Waals surface area contributed by atoms with Gasteiger partial charge in [0.2, 0.25) is 0 Å². The van der Waals surface area contributed by atoms with Crippen LogP contribution in [0.25, 0.3) is 110 Å². The van der Waals surface area contributed by atoms with Gasteiger partial charge < -0.3 is 9.98 Å². The van der Waals surface area contributed by atoms with E-state index in [4.69, 9.17) is 15.0 Å². The summed E-state index contributed by atoms with van der Waals surface area (Å²) in [4.78, 5) is 15.6. The summed E-state index contributed by atoms with van der Waals surface area (Å²) >= 11 is 1.81. The molecule has 0 aliphatic heterocycles. The van der Waals surface area contributed by atoms with Gasteiger partial charge in [-0.3, -0.25) is 0 Å². The standard InChI is InChI=1S/C62H41N5S/c63-40-48(52-37-45(41-19-6-1-7-20-41)33-34-50(52)42-21-8-2-9-22-42)36-47(62-65-60(43-23-10-3-11-24-43)64-61(66-62)44-25-12-4-13-26-44)35-46-27-18-32-57-59(46)54-38-56-53(39-58(54)68-57)51-30-16-17-31-55(51)67(56)49-28-14-5-15-29-49/h1-40,63H/b47-35-,48-36+,63-40?. The second kappa shape index (κ2) is 17.5. The topological polar surface area (TPSA) is 67.5 Å². The van der Waals surface area contributed by atoms with Crippen LogP contribution >= 0.6 is 11.3 Å². The number of hydrogen-bond acceptors (Lipinski definition) is 5. The molecule has 3 aromatic heterocycles. The van der Waals surface area contributed by atoms with Gasteiger partial charge in [0.25, 0.3) is 0 Å². The summed E-state index contributed by atoms with van der Waals surface area (Å²) in [6, 6.07) is 78.1. The minimum atomic E-state index is 0.501. The zero-order valence-electron chi connectivity index (χ0n) is 36.8. The van der Waals surface area contributed by atoms with Gasteiger partial charge in [0, 0.05) is 65.1 Å². The zero-order valence-corrected chi connectivity index (χ0v) is 37.6. The quantitative estimate of drug-likeness (QED) is 0.110. The third-order valence-electron chi connectivity index (χ3n) is 12.6. The minimum absolute atomic E-state index is 0.501. The highest BCUT2D eigenvalue weighted by atomic mass is 32.1. The van der Waals surface area contributed by atoms with Gasteiger partial charge >= 0.3 is 0 Å². The molecule has 12 aromatic rings. The first-order valence-electron chi connectivity index (χ1n) is 22.7. The Labute approximate surface area is 397 Å². The van der Waals surface area contributed by atoms with E-state index in [1.165, 1.54) is 37.3 Å². The SMILES string of the molecule is N=C/C(=C\C(=C\c1cccc2sc3cc4c5ccccc5n(-c5ccccc5)c4cc3c12)c1nc(-c2ccccc2)nc(-c2ccccc2)n1)c1cc(-c2ccccc2)ccc1-c1ccccc1. The van der Waals surface area contributed by atoms with E-state index in [1.807, 2.05) is 84.1 Å². The summed E-state index contributed by atoms with van der Waals surface area (Å²) in [6.45, 7) is 0. The summed E-state index contributed by atoms with van der Waals surface area (Å²) < 4.78 is 4.77. The lowest BCUT2D eigenvalue weighted by Crippen LogP contribution is -2.03. The van der Waals surface area contributed by atoms with Gasteiger partial charge in [0.15, 0.2) is 17.5 Å². The van der Waals surface area contributed by atoms with E-state index >= 15 is 0 Å². The van der Waals surface area contributed by atoms with Crippen molar-refractivity contribution in [2.24, 2.45) is 0 Å². The van der Waals surface area contributed by atoms with Crippen LogP contribution in [-0.4, -0.2) is 25.7 Å². The predicted molar refractivity (Wildman–Crippen MR) is 286 cm³/mol. The molecule has 0 fully saturated rings. The number of aromatic nitrogens is 4. The van der Waals surface area contributed by atoms with Crippen molar-refractivity contribution in [1.29, 1.82) is 5.41 Å². The molecule has 0 saturated carbocycles. The van der Waals surface area contributed by atoms with E-state index in [0.717, 1.165) is 66.7 Å². The lowest BCUT2D eigenvalue weighted by Gasteiger charge is -2.15. The van der Waals surface area contributed by atoms with Crippen LogP contribution in [0.3, 0.4) is 0 Å². The van der Waals surface area contributed by atoms with Crippen LogP contribution in [-0.2, 0) is 0 Å². The molecule has 5 nitrogen and oxygen atoms in total. The van der Waals surface area contributed by atoms with Crippen molar-refractivity contribution in [3.63, 3.8) is 0 Å². The van der Waals surface area contributed by atoms with Crippen LogP contribution in [0.15, 0.2) is 231 Å². The smallest absolute Gasteiger partial charge is 0.164 e. The van der Waals surface area contributed by atoms with Gasteiger partial charge in [-0.1, -0.05) is 182 Å². The van der Waals surface area contributed by atoms with Gasteiger partial charge in [0.05, 0.1) is 11.0 Å². The van der Waals surface area contributed by atoms with Crippen molar-refractivity contribution in [3.05, 3.63) is 247 Å². The molecular formula is C62H41N5S. The van der Waals surface area contributed by atoms with Gasteiger partial charge in [-0.2, -0.15) is 0 Å². The highest BCUT2D eigenvalue weighted by Crippen LogP contribution is 2.43. The molecule has 0 amide bonds. The summed E-state index contributed by atoms with van der Waals surface area (Å²) in [5.74, 6) is 1.63. The number of thiophene rings is 1. The van der Waals surface area contributed by atoms with Gasteiger partial charge in [-0.15, -0.1) is 11.3 Å². The van der Waals surface area contributed by atoms with Crippen LogP contribution in [0.1, 0.15) is 17.0 Å². The Morgan fingerprint density at radius 1 is 0.441 bits per heavy atom. The number of nitrogens with zero attached hydrogens (tertiary/aromatic N) is 4. The number of allylic oxidation sites excluding steroid dienone is 3.